The third-order valence-corrected chi connectivity index (χ3v) is 3.29. The van der Waals surface area contributed by atoms with Crippen molar-refractivity contribution in [1.29, 1.82) is 0 Å². The fraction of sp³-hybridized carbons (Fsp3) is 0.462. The number of nitrogens with zero attached hydrogens (tertiary/aromatic N) is 1. The van der Waals surface area contributed by atoms with E-state index in [4.69, 9.17) is 5.11 Å². The lowest BCUT2D eigenvalue weighted by Crippen LogP contribution is -2.36. The van der Waals surface area contributed by atoms with Gasteiger partial charge in [-0.25, -0.2) is 9.18 Å². The van der Waals surface area contributed by atoms with Gasteiger partial charge in [-0.05, 0) is 51.2 Å². The molecule has 0 unspecified atom stereocenters. The first-order valence-electron chi connectivity index (χ1n) is 6.04. The largest absolute Gasteiger partial charge is 0.478 e. The van der Waals surface area contributed by atoms with Gasteiger partial charge in [0.05, 0.1) is 5.56 Å². The number of hydrogen-bond acceptors (Lipinski definition) is 3. The van der Waals surface area contributed by atoms with Crippen molar-refractivity contribution in [2.24, 2.45) is 0 Å². The van der Waals surface area contributed by atoms with Crippen molar-refractivity contribution in [3.8, 4) is 0 Å². The van der Waals surface area contributed by atoms with Crippen LogP contribution in [-0.4, -0.2) is 42.2 Å². The summed E-state index contributed by atoms with van der Waals surface area (Å²) in [5.41, 5.74) is 0.357. The second kappa shape index (κ2) is 5.35. The van der Waals surface area contributed by atoms with E-state index in [9.17, 15) is 9.18 Å². The van der Waals surface area contributed by atoms with E-state index in [0.717, 1.165) is 25.9 Å². The molecule has 1 aromatic carbocycles. The molecule has 0 saturated carbocycles. The highest BCUT2D eigenvalue weighted by atomic mass is 19.1. The second-order valence-electron chi connectivity index (χ2n) is 4.72. The van der Waals surface area contributed by atoms with E-state index in [1.54, 1.807) is 6.07 Å². The number of benzene rings is 1. The minimum atomic E-state index is -1.24. The van der Waals surface area contributed by atoms with Crippen LogP contribution in [-0.2, 0) is 0 Å². The lowest BCUT2D eigenvalue weighted by molar-refractivity contribution is 0.0692. The molecule has 2 rings (SSSR count). The summed E-state index contributed by atoms with van der Waals surface area (Å²) in [4.78, 5) is 12.9. The standard InChI is InChI=1S/C13H17FN2O2/c1-16-6-4-9(5-7-16)15-10-2-3-11(13(17)18)12(14)8-10/h2-3,8-9,15H,4-7H2,1H3,(H,17,18). The summed E-state index contributed by atoms with van der Waals surface area (Å²) in [5, 5.41) is 12.0. The molecule has 5 heteroatoms. The minimum absolute atomic E-state index is 0.288. The van der Waals surface area contributed by atoms with Crippen molar-refractivity contribution >= 4 is 11.7 Å². The first-order chi connectivity index (χ1) is 8.56. The normalized spacial score (nSPS) is 17.7. The second-order valence-corrected chi connectivity index (χ2v) is 4.72. The molecule has 98 valence electrons. The highest BCUT2D eigenvalue weighted by Crippen LogP contribution is 2.19. The number of carboxylic acids is 1. The summed E-state index contributed by atoms with van der Waals surface area (Å²) >= 11 is 0. The summed E-state index contributed by atoms with van der Waals surface area (Å²) < 4.78 is 13.5. The van der Waals surface area contributed by atoms with Crippen molar-refractivity contribution in [1.82, 2.24) is 4.90 Å². The molecule has 0 bridgehead atoms. The number of anilines is 1. The third kappa shape index (κ3) is 2.98. The number of piperidine rings is 1. The van der Waals surface area contributed by atoms with Gasteiger partial charge in [-0.2, -0.15) is 0 Å². The van der Waals surface area contributed by atoms with Crippen LogP contribution in [0.25, 0.3) is 0 Å². The summed E-state index contributed by atoms with van der Waals surface area (Å²) in [7, 11) is 2.08. The SMILES string of the molecule is CN1CCC(Nc2ccc(C(=O)O)c(F)c2)CC1. The summed E-state index contributed by atoms with van der Waals surface area (Å²) in [5.74, 6) is -1.93. The van der Waals surface area contributed by atoms with Crippen LogP contribution in [0.1, 0.15) is 23.2 Å². The molecule has 0 radical (unpaired) electrons. The molecule has 1 aromatic rings. The van der Waals surface area contributed by atoms with Crippen LogP contribution in [0.5, 0.6) is 0 Å². The molecule has 1 heterocycles. The summed E-state index contributed by atoms with van der Waals surface area (Å²) in [6.07, 6.45) is 2.03. The van der Waals surface area contributed by atoms with Crippen molar-refractivity contribution < 1.29 is 14.3 Å². The van der Waals surface area contributed by atoms with E-state index in [1.165, 1.54) is 12.1 Å². The predicted molar refractivity (Wildman–Crippen MR) is 67.5 cm³/mol. The number of rotatable bonds is 3. The molecule has 1 fully saturated rings. The van der Waals surface area contributed by atoms with Crippen molar-refractivity contribution in [3.63, 3.8) is 0 Å². The smallest absolute Gasteiger partial charge is 0.338 e. The molecule has 18 heavy (non-hydrogen) atoms. The van der Waals surface area contributed by atoms with Crippen LogP contribution in [0, 0.1) is 5.82 Å². The molecule has 2 N–H and O–H groups in total. The first-order valence-corrected chi connectivity index (χ1v) is 6.04. The predicted octanol–water partition coefficient (Wildman–Crippen LogP) is 2.03. The molecule has 0 atom stereocenters. The van der Waals surface area contributed by atoms with Gasteiger partial charge in [-0.15, -0.1) is 0 Å². The zero-order valence-electron chi connectivity index (χ0n) is 10.3. The average Bonchev–Trinajstić information content (AvgIpc) is 2.32. The lowest BCUT2D eigenvalue weighted by Gasteiger charge is -2.30. The zero-order chi connectivity index (χ0) is 13.1. The van der Waals surface area contributed by atoms with Crippen LogP contribution in [0.15, 0.2) is 18.2 Å². The Morgan fingerprint density at radius 1 is 1.44 bits per heavy atom. The van der Waals surface area contributed by atoms with Crippen molar-refractivity contribution in [3.05, 3.63) is 29.6 Å². The molecule has 0 aromatic heterocycles. The van der Waals surface area contributed by atoms with E-state index in [0.29, 0.717) is 11.7 Å². The molecule has 1 aliphatic rings. The zero-order valence-corrected chi connectivity index (χ0v) is 10.3. The maximum atomic E-state index is 13.5. The molecule has 4 nitrogen and oxygen atoms in total. The fourth-order valence-electron chi connectivity index (χ4n) is 2.17. The van der Waals surface area contributed by atoms with Crippen LogP contribution in [0.2, 0.25) is 0 Å². The highest BCUT2D eigenvalue weighted by molar-refractivity contribution is 5.88. The maximum Gasteiger partial charge on any atom is 0.338 e. The topological polar surface area (TPSA) is 52.6 Å². The Labute approximate surface area is 105 Å². The number of likely N-dealkylation sites (tertiary alicyclic amines) is 1. The average molecular weight is 252 g/mol. The van der Waals surface area contributed by atoms with Crippen LogP contribution >= 0.6 is 0 Å². The monoisotopic (exact) mass is 252 g/mol. The van der Waals surface area contributed by atoms with Gasteiger partial charge in [0, 0.05) is 11.7 Å². The van der Waals surface area contributed by atoms with Crippen LogP contribution in [0.3, 0.4) is 0 Å². The number of carboxylic acid groups (broad SMARTS) is 1. The van der Waals surface area contributed by atoms with Gasteiger partial charge in [0.1, 0.15) is 5.82 Å². The molecular formula is C13H17FN2O2. The van der Waals surface area contributed by atoms with Gasteiger partial charge in [0.25, 0.3) is 0 Å². The van der Waals surface area contributed by atoms with Gasteiger partial charge in [0.15, 0.2) is 0 Å². The Morgan fingerprint density at radius 2 is 2.11 bits per heavy atom. The van der Waals surface area contributed by atoms with Gasteiger partial charge in [-0.1, -0.05) is 0 Å². The Bertz CT molecular complexity index is 443. The third-order valence-electron chi connectivity index (χ3n) is 3.29. The van der Waals surface area contributed by atoms with Gasteiger partial charge < -0.3 is 15.3 Å². The maximum absolute atomic E-state index is 13.5. The first kappa shape index (κ1) is 12.8. The van der Waals surface area contributed by atoms with Crippen molar-refractivity contribution in [2.45, 2.75) is 18.9 Å². The Hall–Kier alpha value is -1.62. The van der Waals surface area contributed by atoms with Crippen LogP contribution in [0.4, 0.5) is 10.1 Å². The number of aromatic carboxylic acids is 1. The van der Waals surface area contributed by atoms with E-state index < -0.39 is 11.8 Å². The highest BCUT2D eigenvalue weighted by Gasteiger charge is 2.17. The quantitative estimate of drug-likeness (QED) is 0.864. The number of nitrogens with one attached hydrogen (secondary N) is 1. The Balaban J connectivity index is 2.02. The van der Waals surface area contributed by atoms with E-state index >= 15 is 0 Å². The van der Waals surface area contributed by atoms with E-state index in [2.05, 4.69) is 17.3 Å². The molecule has 1 saturated heterocycles. The number of halogens is 1. The lowest BCUT2D eigenvalue weighted by atomic mass is 10.0. The van der Waals surface area contributed by atoms with Gasteiger partial charge in [-0.3, -0.25) is 0 Å². The molecule has 0 spiro atoms. The minimum Gasteiger partial charge on any atom is -0.478 e. The molecule has 1 aliphatic heterocycles. The molecule has 0 amide bonds. The number of hydrogen-bond donors (Lipinski definition) is 2. The van der Waals surface area contributed by atoms with Gasteiger partial charge >= 0.3 is 5.97 Å². The Kier molecular flexibility index (Phi) is 3.81. The van der Waals surface area contributed by atoms with E-state index in [-0.39, 0.29) is 5.56 Å². The number of carbonyl (C=O) groups is 1. The Morgan fingerprint density at radius 3 is 2.67 bits per heavy atom. The van der Waals surface area contributed by atoms with Crippen molar-refractivity contribution in [2.75, 3.05) is 25.5 Å². The summed E-state index contributed by atoms with van der Waals surface area (Å²) in [6.45, 7) is 2.04. The fourth-order valence-corrected chi connectivity index (χ4v) is 2.17. The molecule has 0 aliphatic carbocycles. The molecular weight excluding hydrogens is 235 g/mol. The summed E-state index contributed by atoms with van der Waals surface area (Å²) in [6, 6.07) is 4.50. The van der Waals surface area contributed by atoms with Gasteiger partial charge in [0.2, 0.25) is 0 Å². The van der Waals surface area contributed by atoms with Crippen LogP contribution < -0.4 is 5.32 Å². The van der Waals surface area contributed by atoms with E-state index in [1.807, 2.05) is 0 Å².